The van der Waals surface area contributed by atoms with Crippen LogP contribution in [0, 0.1) is 0 Å². The van der Waals surface area contributed by atoms with Crippen molar-refractivity contribution in [3.63, 3.8) is 0 Å². The molecule has 39 heavy (non-hydrogen) atoms. The average molecular weight is 590 g/mol. The monoisotopic (exact) mass is 588 g/mol. The molecule has 6 rings (SSSR count). The third-order valence-corrected chi connectivity index (χ3v) is 15.2. The SMILES string of the molecule is C1=CC[C]([Zr]([O]c2ccccc2Nc2ccccc2)([O]c2ccccc2Nc2ccccc2)[C]2=CC=CC2)=C1. The van der Waals surface area contributed by atoms with Crippen LogP contribution in [-0.2, 0) is 21.1 Å². The van der Waals surface area contributed by atoms with Crippen LogP contribution in [-0.4, -0.2) is 0 Å². The van der Waals surface area contributed by atoms with Crippen molar-refractivity contribution >= 4 is 22.7 Å². The van der Waals surface area contributed by atoms with Gasteiger partial charge in [0.1, 0.15) is 0 Å². The van der Waals surface area contributed by atoms with E-state index in [2.05, 4.69) is 83.5 Å². The Hall–Kier alpha value is -4.08. The molecule has 0 amide bonds. The second-order valence-electron chi connectivity index (χ2n) is 9.44. The van der Waals surface area contributed by atoms with Crippen molar-refractivity contribution in [2.24, 2.45) is 0 Å². The number of allylic oxidation sites excluding steroid dienone is 8. The summed E-state index contributed by atoms with van der Waals surface area (Å²) < 4.78 is 17.0. The molecular weight excluding hydrogens is 560 g/mol. The molecule has 0 radical (unpaired) electrons. The van der Waals surface area contributed by atoms with Gasteiger partial charge in [-0.3, -0.25) is 0 Å². The van der Waals surface area contributed by atoms with E-state index in [-0.39, 0.29) is 0 Å². The van der Waals surface area contributed by atoms with Crippen molar-refractivity contribution in [3.8, 4) is 11.5 Å². The average Bonchev–Trinajstić information content (AvgIpc) is 3.72. The first-order valence-corrected chi connectivity index (χ1v) is 17.7. The van der Waals surface area contributed by atoms with Crippen molar-refractivity contribution < 1.29 is 26.8 Å². The van der Waals surface area contributed by atoms with E-state index in [1.807, 2.05) is 72.8 Å². The number of hydrogen-bond donors (Lipinski definition) is 2. The molecular formula is C34H30N2O2Zr. The van der Waals surface area contributed by atoms with Gasteiger partial charge in [-0.1, -0.05) is 0 Å². The third-order valence-electron chi connectivity index (χ3n) is 6.78. The Morgan fingerprint density at radius 3 is 1.31 bits per heavy atom. The van der Waals surface area contributed by atoms with Crippen LogP contribution in [0.15, 0.2) is 152 Å². The van der Waals surface area contributed by atoms with Crippen LogP contribution >= 0.6 is 0 Å². The standard InChI is InChI=1S/2C12H11NO.2C5H5.Zr/c2*14-12-9-5-4-8-11(12)13-10-6-2-1-3-7-10;2*1-2-4-5-3-1;/h2*1-9,13-14H;2*1-3H,4H2;/q;;;;+2/p-2. The Morgan fingerprint density at radius 2 is 0.897 bits per heavy atom. The summed E-state index contributed by atoms with van der Waals surface area (Å²) in [5.41, 5.74) is 3.86. The zero-order chi connectivity index (χ0) is 26.3. The molecule has 4 nitrogen and oxygen atoms in total. The molecule has 0 saturated heterocycles. The summed E-state index contributed by atoms with van der Waals surface area (Å²) in [5.74, 6) is 1.59. The molecule has 0 aliphatic heterocycles. The van der Waals surface area contributed by atoms with Crippen molar-refractivity contribution in [3.05, 3.63) is 152 Å². The number of rotatable bonds is 10. The van der Waals surface area contributed by atoms with E-state index < -0.39 is 21.1 Å². The topological polar surface area (TPSA) is 42.5 Å². The van der Waals surface area contributed by atoms with Gasteiger partial charge in [0.05, 0.1) is 0 Å². The van der Waals surface area contributed by atoms with E-state index in [0.29, 0.717) is 0 Å². The van der Waals surface area contributed by atoms with Gasteiger partial charge in [0.25, 0.3) is 0 Å². The van der Waals surface area contributed by atoms with Gasteiger partial charge in [0.15, 0.2) is 0 Å². The molecule has 0 atom stereocenters. The number of hydrogen-bond acceptors (Lipinski definition) is 4. The van der Waals surface area contributed by atoms with Gasteiger partial charge < -0.3 is 0 Å². The molecule has 0 bridgehead atoms. The molecule has 0 spiro atoms. The van der Waals surface area contributed by atoms with Crippen LogP contribution in [0.4, 0.5) is 22.7 Å². The number of nitrogens with one attached hydrogen (secondary N) is 2. The van der Waals surface area contributed by atoms with Crippen molar-refractivity contribution in [1.82, 2.24) is 0 Å². The first kappa shape index (κ1) is 25.2. The molecule has 2 aliphatic rings. The minimum atomic E-state index is -4.24. The van der Waals surface area contributed by atoms with Gasteiger partial charge in [-0.25, -0.2) is 0 Å². The van der Waals surface area contributed by atoms with E-state index in [1.54, 1.807) is 0 Å². The van der Waals surface area contributed by atoms with Crippen LogP contribution in [0.3, 0.4) is 0 Å². The van der Waals surface area contributed by atoms with E-state index in [4.69, 9.17) is 5.63 Å². The number of anilines is 4. The zero-order valence-corrected chi connectivity index (χ0v) is 24.0. The predicted octanol–water partition coefficient (Wildman–Crippen LogP) is 9.30. The molecule has 0 unspecified atom stereocenters. The van der Waals surface area contributed by atoms with Crippen LogP contribution in [0.2, 0.25) is 0 Å². The number of para-hydroxylation sites is 6. The summed E-state index contributed by atoms with van der Waals surface area (Å²) >= 11 is -4.24. The fourth-order valence-electron chi connectivity index (χ4n) is 4.85. The summed E-state index contributed by atoms with van der Waals surface area (Å²) in [7, 11) is 0. The maximum atomic E-state index is 7.26. The van der Waals surface area contributed by atoms with Gasteiger partial charge in [0.2, 0.25) is 0 Å². The zero-order valence-electron chi connectivity index (χ0n) is 21.6. The van der Waals surface area contributed by atoms with E-state index in [9.17, 15) is 0 Å². The molecule has 0 saturated carbocycles. The molecule has 4 aromatic carbocycles. The summed E-state index contributed by atoms with van der Waals surface area (Å²) in [6.07, 6.45) is 14.7. The minimum absolute atomic E-state index is 0.797. The van der Waals surface area contributed by atoms with Gasteiger partial charge >= 0.3 is 237 Å². The predicted molar refractivity (Wildman–Crippen MR) is 157 cm³/mol. The quantitative estimate of drug-likeness (QED) is 0.193. The fraction of sp³-hybridized carbons (Fsp3) is 0.0588. The second-order valence-corrected chi connectivity index (χ2v) is 16.6. The maximum absolute atomic E-state index is 7.26. The van der Waals surface area contributed by atoms with Gasteiger partial charge in [-0.15, -0.1) is 0 Å². The Kier molecular flexibility index (Phi) is 7.60. The number of benzene rings is 4. The van der Waals surface area contributed by atoms with Crippen molar-refractivity contribution in [2.45, 2.75) is 12.8 Å². The summed E-state index contributed by atoms with van der Waals surface area (Å²) in [4.78, 5) is 0. The van der Waals surface area contributed by atoms with E-state index in [1.165, 1.54) is 6.56 Å². The molecule has 5 heteroatoms. The first-order valence-electron chi connectivity index (χ1n) is 13.2. The van der Waals surface area contributed by atoms with Crippen LogP contribution < -0.4 is 16.3 Å². The van der Waals surface area contributed by atoms with Gasteiger partial charge in [-0.2, -0.15) is 0 Å². The van der Waals surface area contributed by atoms with Crippen molar-refractivity contribution in [2.75, 3.05) is 10.6 Å². The molecule has 0 fully saturated rings. The summed E-state index contributed by atoms with van der Waals surface area (Å²) in [6.45, 7) is 0. The summed E-state index contributed by atoms with van der Waals surface area (Å²) in [5, 5.41) is 7.11. The van der Waals surface area contributed by atoms with Crippen LogP contribution in [0.5, 0.6) is 11.5 Å². The molecule has 2 N–H and O–H groups in total. The van der Waals surface area contributed by atoms with Gasteiger partial charge in [0, 0.05) is 0 Å². The Morgan fingerprint density at radius 1 is 0.487 bits per heavy atom. The fourth-order valence-corrected chi connectivity index (χ4v) is 13.1. The van der Waals surface area contributed by atoms with Gasteiger partial charge in [-0.05, 0) is 0 Å². The van der Waals surface area contributed by atoms with Crippen molar-refractivity contribution in [1.29, 1.82) is 0 Å². The molecule has 0 aromatic heterocycles. The third kappa shape index (κ3) is 5.69. The second kappa shape index (κ2) is 11.8. The molecule has 192 valence electrons. The molecule has 0 heterocycles. The Bertz CT molecular complexity index is 1440. The normalized spacial score (nSPS) is 14.1. The first-order chi connectivity index (χ1) is 19.3. The van der Waals surface area contributed by atoms with Crippen LogP contribution in [0.25, 0.3) is 0 Å². The Balaban J connectivity index is 1.42. The summed E-state index contributed by atoms with van der Waals surface area (Å²) in [6, 6.07) is 36.7. The van der Waals surface area contributed by atoms with E-state index in [0.717, 1.165) is 47.1 Å². The molecule has 4 aromatic rings. The molecule has 2 aliphatic carbocycles. The Labute approximate surface area is 235 Å². The van der Waals surface area contributed by atoms with Crippen LogP contribution in [0.1, 0.15) is 12.8 Å². The van der Waals surface area contributed by atoms with E-state index >= 15 is 0 Å².